The topological polar surface area (TPSA) is 84.5 Å². The fourth-order valence-corrected chi connectivity index (χ4v) is 4.39. The molecule has 0 aliphatic heterocycles. The number of halogens is 1. The minimum Gasteiger partial charge on any atom is -0.484 e. The first kappa shape index (κ1) is 22.8. The second-order valence-electron chi connectivity index (χ2n) is 7.02. The van der Waals surface area contributed by atoms with Crippen molar-refractivity contribution in [2.75, 3.05) is 11.9 Å². The molecule has 0 radical (unpaired) electrons. The first-order chi connectivity index (χ1) is 14.7. The molecular formula is C23H23ClN2O4S. The molecule has 6 nitrogen and oxygen atoms in total. The van der Waals surface area contributed by atoms with Crippen LogP contribution in [0.1, 0.15) is 24.1 Å². The summed E-state index contributed by atoms with van der Waals surface area (Å²) >= 11 is 5.91. The van der Waals surface area contributed by atoms with Gasteiger partial charge < -0.3 is 10.1 Å². The Labute approximate surface area is 187 Å². The van der Waals surface area contributed by atoms with Gasteiger partial charge >= 0.3 is 0 Å². The number of carbonyl (C=O) groups is 1. The van der Waals surface area contributed by atoms with Gasteiger partial charge in [0.05, 0.1) is 4.90 Å². The molecule has 1 atom stereocenters. The maximum absolute atomic E-state index is 12.6. The summed E-state index contributed by atoms with van der Waals surface area (Å²) in [6, 6.07) is 20.0. The van der Waals surface area contributed by atoms with E-state index in [4.69, 9.17) is 16.3 Å². The lowest BCUT2D eigenvalue weighted by Gasteiger charge is -2.15. The van der Waals surface area contributed by atoms with E-state index in [-0.39, 0.29) is 23.5 Å². The highest BCUT2D eigenvalue weighted by Gasteiger charge is 2.18. The largest absolute Gasteiger partial charge is 0.484 e. The predicted molar refractivity (Wildman–Crippen MR) is 122 cm³/mol. The van der Waals surface area contributed by atoms with Crippen molar-refractivity contribution < 1.29 is 17.9 Å². The molecule has 1 amide bonds. The summed E-state index contributed by atoms with van der Waals surface area (Å²) in [5, 5.41) is 3.34. The van der Waals surface area contributed by atoms with Crippen LogP contribution in [0.2, 0.25) is 5.02 Å². The molecule has 3 aromatic carbocycles. The Morgan fingerprint density at radius 2 is 1.71 bits per heavy atom. The monoisotopic (exact) mass is 458 g/mol. The fourth-order valence-electron chi connectivity index (χ4n) is 2.93. The lowest BCUT2D eigenvalue weighted by molar-refractivity contribution is -0.118. The number of rotatable bonds is 8. The lowest BCUT2D eigenvalue weighted by Crippen LogP contribution is -2.26. The summed E-state index contributed by atoms with van der Waals surface area (Å²) in [6.07, 6.45) is 0. The van der Waals surface area contributed by atoms with E-state index in [2.05, 4.69) is 10.0 Å². The number of benzene rings is 3. The molecule has 8 heteroatoms. The molecule has 0 aliphatic carbocycles. The highest BCUT2D eigenvalue weighted by atomic mass is 35.5. The molecule has 0 fully saturated rings. The average molecular weight is 459 g/mol. The van der Waals surface area contributed by atoms with E-state index in [9.17, 15) is 13.2 Å². The normalized spacial score (nSPS) is 12.2. The Bertz CT molecular complexity index is 1150. The quantitative estimate of drug-likeness (QED) is 0.512. The van der Waals surface area contributed by atoms with E-state index < -0.39 is 10.0 Å². The number of hydrogen-bond acceptors (Lipinski definition) is 4. The van der Waals surface area contributed by atoms with Gasteiger partial charge in [-0.05, 0) is 67.4 Å². The maximum Gasteiger partial charge on any atom is 0.262 e. The number of anilines is 1. The Morgan fingerprint density at radius 3 is 2.35 bits per heavy atom. The van der Waals surface area contributed by atoms with E-state index >= 15 is 0 Å². The molecule has 0 unspecified atom stereocenters. The molecule has 0 aromatic heterocycles. The van der Waals surface area contributed by atoms with E-state index in [1.807, 2.05) is 37.3 Å². The third-order valence-electron chi connectivity index (χ3n) is 4.60. The van der Waals surface area contributed by atoms with Gasteiger partial charge in [-0.3, -0.25) is 4.79 Å². The number of aryl methyl sites for hydroxylation is 1. The molecule has 0 saturated heterocycles. The van der Waals surface area contributed by atoms with Gasteiger partial charge in [-0.1, -0.05) is 41.9 Å². The van der Waals surface area contributed by atoms with Gasteiger partial charge in [0.25, 0.3) is 5.91 Å². The fraction of sp³-hybridized carbons (Fsp3) is 0.174. The molecule has 0 saturated carbocycles. The van der Waals surface area contributed by atoms with Crippen molar-refractivity contribution >= 4 is 33.2 Å². The van der Waals surface area contributed by atoms with Crippen LogP contribution < -0.4 is 14.8 Å². The van der Waals surface area contributed by atoms with Crippen molar-refractivity contribution in [3.05, 3.63) is 88.9 Å². The third kappa shape index (κ3) is 6.30. The highest BCUT2D eigenvalue weighted by molar-refractivity contribution is 7.89. The number of amides is 1. The third-order valence-corrected chi connectivity index (χ3v) is 6.39. The van der Waals surface area contributed by atoms with Crippen molar-refractivity contribution in [2.45, 2.75) is 24.8 Å². The second-order valence-corrected chi connectivity index (χ2v) is 9.17. The zero-order valence-corrected chi connectivity index (χ0v) is 18.7. The molecule has 0 bridgehead atoms. The Morgan fingerprint density at radius 1 is 1.03 bits per heavy atom. The molecule has 0 aliphatic rings. The number of carbonyl (C=O) groups excluding carboxylic acids is 1. The van der Waals surface area contributed by atoms with E-state index in [0.717, 1.165) is 11.1 Å². The van der Waals surface area contributed by atoms with Gasteiger partial charge in [-0.15, -0.1) is 0 Å². The van der Waals surface area contributed by atoms with E-state index in [0.29, 0.717) is 16.5 Å². The van der Waals surface area contributed by atoms with Gasteiger partial charge in [0.1, 0.15) is 5.75 Å². The first-order valence-corrected chi connectivity index (χ1v) is 11.5. The van der Waals surface area contributed by atoms with Crippen LogP contribution in [-0.4, -0.2) is 20.9 Å². The van der Waals surface area contributed by atoms with Crippen molar-refractivity contribution in [1.82, 2.24) is 4.72 Å². The predicted octanol–water partition coefficient (Wildman–Crippen LogP) is 4.71. The van der Waals surface area contributed by atoms with Crippen LogP contribution >= 0.6 is 11.6 Å². The zero-order valence-electron chi connectivity index (χ0n) is 17.1. The summed E-state index contributed by atoms with van der Waals surface area (Å²) in [5.41, 5.74) is 2.36. The van der Waals surface area contributed by atoms with Crippen molar-refractivity contribution in [2.24, 2.45) is 0 Å². The van der Waals surface area contributed by atoms with Crippen LogP contribution in [0.4, 0.5) is 5.69 Å². The molecular weight excluding hydrogens is 436 g/mol. The lowest BCUT2D eigenvalue weighted by atomic mass is 10.1. The Balaban J connectivity index is 1.57. The number of ether oxygens (including phenoxy) is 1. The zero-order chi connectivity index (χ0) is 22.4. The van der Waals surface area contributed by atoms with Crippen molar-refractivity contribution in [3.63, 3.8) is 0 Å². The molecule has 31 heavy (non-hydrogen) atoms. The SMILES string of the molecule is Cc1cc(Cl)ccc1NC(=O)COc1ccc(S(=O)(=O)N[C@H](C)c2ccccc2)cc1. The minimum atomic E-state index is -3.70. The van der Waals surface area contributed by atoms with Crippen LogP contribution in [-0.2, 0) is 14.8 Å². The van der Waals surface area contributed by atoms with Crippen molar-refractivity contribution in [1.29, 1.82) is 0 Å². The number of sulfonamides is 1. The molecule has 162 valence electrons. The summed E-state index contributed by atoms with van der Waals surface area (Å²) in [5.74, 6) is 0.0542. The standard InChI is InChI=1S/C23H23ClN2O4S/c1-16-14-19(24)8-13-22(16)25-23(27)15-30-20-9-11-21(12-10-20)31(28,29)26-17(2)18-6-4-3-5-7-18/h3-14,17,26H,15H2,1-2H3,(H,25,27)/t17-/m1/s1. The number of hydrogen-bond donors (Lipinski definition) is 2. The van der Waals surface area contributed by atoms with Crippen LogP contribution in [0, 0.1) is 6.92 Å². The summed E-state index contributed by atoms with van der Waals surface area (Å²) < 4.78 is 33.4. The summed E-state index contributed by atoms with van der Waals surface area (Å²) in [7, 11) is -3.70. The Kier molecular flexibility index (Phi) is 7.33. The second kappa shape index (κ2) is 9.96. The molecule has 2 N–H and O–H groups in total. The van der Waals surface area contributed by atoms with Gasteiger partial charge in [-0.2, -0.15) is 0 Å². The smallest absolute Gasteiger partial charge is 0.262 e. The van der Waals surface area contributed by atoms with Gasteiger partial charge in [0.2, 0.25) is 10.0 Å². The van der Waals surface area contributed by atoms with E-state index in [1.54, 1.807) is 25.1 Å². The van der Waals surface area contributed by atoms with Crippen LogP contribution in [0.25, 0.3) is 0 Å². The van der Waals surface area contributed by atoms with Gasteiger partial charge in [0, 0.05) is 16.8 Å². The maximum atomic E-state index is 12.6. The van der Waals surface area contributed by atoms with Crippen LogP contribution in [0.3, 0.4) is 0 Å². The van der Waals surface area contributed by atoms with Crippen LogP contribution in [0.15, 0.2) is 77.7 Å². The van der Waals surface area contributed by atoms with E-state index in [1.165, 1.54) is 24.3 Å². The summed E-state index contributed by atoms with van der Waals surface area (Å²) in [4.78, 5) is 12.2. The molecule has 0 spiro atoms. The van der Waals surface area contributed by atoms with Crippen molar-refractivity contribution in [3.8, 4) is 5.75 Å². The Hall–Kier alpha value is -2.87. The molecule has 3 aromatic rings. The minimum absolute atomic E-state index is 0.115. The molecule has 0 heterocycles. The summed E-state index contributed by atoms with van der Waals surface area (Å²) in [6.45, 7) is 3.41. The van der Waals surface area contributed by atoms with Crippen LogP contribution in [0.5, 0.6) is 5.75 Å². The first-order valence-electron chi connectivity index (χ1n) is 9.61. The van der Waals surface area contributed by atoms with Gasteiger partial charge in [0.15, 0.2) is 6.61 Å². The van der Waals surface area contributed by atoms with Gasteiger partial charge in [-0.25, -0.2) is 13.1 Å². The molecule has 3 rings (SSSR count). The average Bonchev–Trinajstić information content (AvgIpc) is 2.75. The highest BCUT2D eigenvalue weighted by Crippen LogP contribution is 2.21. The number of nitrogens with one attached hydrogen (secondary N) is 2.